The third-order valence-corrected chi connectivity index (χ3v) is 4.56. The molecule has 0 spiro atoms. The van der Waals surface area contributed by atoms with Gasteiger partial charge in [0.1, 0.15) is 6.54 Å². The molecule has 0 radical (unpaired) electrons. The van der Waals surface area contributed by atoms with Crippen molar-refractivity contribution in [3.05, 3.63) is 30.2 Å². The van der Waals surface area contributed by atoms with Gasteiger partial charge in [-0.2, -0.15) is 0 Å². The van der Waals surface area contributed by atoms with Crippen LogP contribution >= 0.6 is 24.0 Å². The Morgan fingerprint density at radius 2 is 2.14 bits per heavy atom. The molecule has 0 aliphatic carbocycles. The molecule has 0 bridgehead atoms. The fourth-order valence-corrected chi connectivity index (χ4v) is 3.03. The molecule has 0 saturated carbocycles. The van der Waals surface area contributed by atoms with Gasteiger partial charge in [0.25, 0.3) is 0 Å². The molecule has 8 nitrogen and oxygen atoms in total. The largest absolute Gasteiger partial charge is 0.381 e. The van der Waals surface area contributed by atoms with Crippen LogP contribution in [0.4, 0.5) is 0 Å². The number of hydrogen-bond donors (Lipinski definition) is 2. The highest BCUT2D eigenvalue weighted by Crippen LogP contribution is 2.14. The smallest absolute Gasteiger partial charge is 0.191 e. The van der Waals surface area contributed by atoms with Gasteiger partial charge in [0.2, 0.25) is 0 Å². The van der Waals surface area contributed by atoms with Crippen molar-refractivity contribution in [2.75, 3.05) is 39.5 Å². The Morgan fingerprint density at radius 1 is 1.29 bits per heavy atom. The van der Waals surface area contributed by atoms with Crippen molar-refractivity contribution in [1.29, 1.82) is 0 Å². The molecule has 0 unspecified atom stereocenters. The maximum Gasteiger partial charge on any atom is 0.191 e. The summed E-state index contributed by atoms with van der Waals surface area (Å²) in [7, 11) is 0. The quantitative estimate of drug-likeness (QED) is 0.237. The zero-order chi connectivity index (χ0) is 18.7. The highest BCUT2D eigenvalue weighted by Gasteiger charge is 2.13. The number of pyridine rings is 1. The third-order valence-electron chi connectivity index (χ3n) is 4.56. The molecule has 0 atom stereocenters. The van der Waals surface area contributed by atoms with Gasteiger partial charge in [-0.1, -0.05) is 6.07 Å². The molecule has 2 aromatic heterocycles. The first-order chi connectivity index (χ1) is 13.4. The van der Waals surface area contributed by atoms with Crippen LogP contribution in [0.1, 0.15) is 32.0 Å². The Labute approximate surface area is 183 Å². The Balaban J connectivity index is 0.00000280. The lowest BCUT2D eigenvalue weighted by Crippen LogP contribution is -2.38. The van der Waals surface area contributed by atoms with E-state index in [1.54, 1.807) is 0 Å². The second kappa shape index (κ2) is 12.9. The number of aromatic nitrogens is 3. The summed E-state index contributed by atoms with van der Waals surface area (Å²) in [4.78, 5) is 4.61. The van der Waals surface area contributed by atoms with E-state index < -0.39 is 0 Å². The van der Waals surface area contributed by atoms with Crippen LogP contribution in [0, 0.1) is 5.92 Å². The number of ether oxygens (including phenoxy) is 2. The van der Waals surface area contributed by atoms with Crippen molar-refractivity contribution in [1.82, 2.24) is 25.2 Å². The minimum atomic E-state index is 0. The van der Waals surface area contributed by atoms with E-state index in [1.165, 1.54) is 0 Å². The Kier molecular flexibility index (Phi) is 10.5. The standard InChI is InChI=1S/C19H30N6O2.HI/c1-2-20-19(21-9-5-11-27-15-16-7-12-26-13-8-16)22-14-18-24-23-17-6-3-4-10-25(17)18;/h3-4,6,10,16H,2,5,7-9,11-15H2,1H3,(H2,20,21,22);1H. The summed E-state index contributed by atoms with van der Waals surface area (Å²) in [6.07, 6.45) is 5.14. The Morgan fingerprint density at radius 3 is 2.96 bits per heavy atom. The van der Waals surface area contributed by atoms with Gasteiger partial charge in [-0.05, 0) is 44.2 Å². The SMILES string of the molecule is CCNC(=NCc1nnc2ccccn12)NCCCOCC1CCOCC1.I. The zero-order valence-electron chi connectivity index (χ0n) is 16.5. The molecular formula is C19H31IN6O2. The molecule has 9 heteroatoms. The molecule has 28 heavy (non-hydrogen) atoms. The maximum absolute atomic E-state index is 5.80. The number of rotatable bonds is 9. The average molecular weight is 502 g/mol. The van der Waals surface area contributed by atoms with Crippen LogP contribution in [0.25, 0.3) is 5.65 Å². The number of halogens is 1. The van der Waals surface area contributed by atoms with Crippen molar-refractivity contribution in [2.24, 2.45) is 10.9 Å². The molecule has 1 aliphatic heterocycles. The zero-order valence-corrected chi connectivity index (χ0v) is 18.8. The summed E-state index contributed by atoms with van der Waals surface area (Å²) in [6.45, 7) is 7.52. The topological polar surface area (TPSA) is 85.1 Å². The molecule has 1 aliphatic rings. The molecule has 3 rings (SSSR count). The molecule has 2 N–H and O–H groups in total. The fourth-order valence-electron chi connectivity index (χ4n) is 3.03. The first-order valence-corrected chi connectivity index (χ1v) is 9.83. The minimum Gasteiger partial charge on any atom is -0.381 e. The van der Waals surface area contributed by atoms with E-state index in [1.807, 2.05) is 28.8 Å². The van der Waals surface area contributed by atoms with E-state index in [4.69, 9.17) is 9.47 Å². The first kappa shape index (κ1) is 22.8. The van der Waals surface area contributed by atoms with Gasteiger partial charge in [0, 0.05) is 45.7 Å². The first-order valence-electron chi connectivity index (χ1n) is 9.83. The number of nitrogens with zero attached hydrogens (tertiary/aromatic N) is 4. The van der Waals surface area contributed by atoms with Crippen molar-refractivity contribution >= 4 is 35.6 Å². The summed E-state index contributed by atoms with van der Waals surface area (Å²) >= 11 is 0. The summed E-state index contributed by atoms with van der Waals surface area (Å²) in [6, 6.07) is 5.85. The highest BCUT2D eigenvalue weighted by atomic mass is 127. The lowest BCUT2D eigenvalue weighted by Gasteiger charge is -2.21. The second-order valence-electron chi connectivity index (χ2n) is 6.65. The lowest BCUT2D eigenvalue weighted by molar-refractivity contribution is 0.0203. The van der Waals surface area contributed by atoms with E-state index in [2.05, 4.69) is 32.7 Å². The lowest BCUT2D eigenvalue weighted by atomic mass is 10.0. The summed E-state index contributed by atoms with van der Waals surface area (Å²) in [5.41, 5.74) is 0.835. The van der Waals surface area contributed by atoms with E-state index in [9.17, 15) is 0 Å². The molecule has 3 heterocycles. The van der Waals surface area contributed by atoms with Gasteiger partial charge >= 0.3 is 0 Å². The van der Waals surface area contributed by atoms with Gasteiger partial charge in [-0.3, -0.25) is 4.40 Å². The summed E-state index contributed by atoms with van der Waals surface area (Å²) in [5, 5.41) is 15.0. The van der Waals surface area contributed by atoms with E-state index in [-0.39, 0.29) is 24.0 Å². The molecular weight excluding hydrogens is 471 g/mol. The number of nitrogens with one attached hydrogen (secondary N) is 2. The van der Waals surface area contributed by atoms with Gasteiger partial charge in [0.05, 0.1) is 0 Å². The number of fused-ring (bicyclic) bond motifs is 1. The van der Waals surface area contributed by atoms with Crippen molar-refractivity contribution in [2.45, 2.75) is 32.7 Å². The van der Waals surface area contributed by atoms with Crippen LogP contribution in [0.2, 0.25) is 0 Å². The molecule has 1 saturated heterocycles. The molecule has 0 aromatic carbocycles. The van der Waals surface area contributed by atoms with Gasteiger partial charge in [0.15, 0.2) is 17.4 Å². The number of guanidine groups is 1. The van der Waals surface area contributed by atoms with E-state index in [0.29, 0.717) is 12.5 Å². The van der Waals surface area contributed by atoms with Crippen LogP contribution in [0.15, 0.2) is 29.4 Å². The second-order valence-corrected chi connectivity index (χ2v) is 6.65. The highest BCUT2D eigenvalue weighted by molar-refractivity contribution is 14.0. The number of hydrogen-bond acceptors (Lipinski definition) is 5. The Bertz CT molecular complexity index is 717. The molecule has 0 amide bonds. The predicted octanol–water partition coefficient (Wildman–Crippen LogP) is 2.24. The van der Waals surface area contributed by atoms with E-state index in [0.717, 1.165) is 76.2 Å². The van der Waals surface area contributed by atoms with Crippen LogP contribution < -0.4 is 10.6 Å². The monoisotopic (exact) mass is 502 g/mol. The number of aliphatic imine (C=N–C) groups is 1. The maximum atomic E-state index is 5.80. The van der Waals surface area contributed by atoms with Crippen molar-refractivity contribution < 1.29 is 9.47 Å². The van der Waals surface area contributed by atoms with E-state index >= 15 is 0 Å². The van der Waals surface area contributed by atoms with Crippen molar-refractivity contribution in [3.8, 4) is 0 Å². The molecule has 2 aromatic rings. The third kappa shape index (κ3) is 7.17. The van der Waals surface area contributed by atoms with Gasteiger partial charge in [-0.25, -0.2) is 4.99 Å². The summed E-state index contributed by atoms with van der Waals surface area (Å²) in [5.74, 6) is 2.26. The van der Waals surface area contributed by atoms with Crippen LogP contribution in [-0.2, 0) is 16.0 Å². The fraction of sp³-hybridized carbons (Fsp3) is 0.632. The normalized spacial score (nSPS) is 15.4. The van der Waals surface area contributed by atoms with Crippen LogP contribution in [0.5, 0.6) is 0 Å². The predicted molar refractivity (Wildman–Crippen MR) is 120 cm³/mol. The Hall–Kier alpha value is -1.46. The van der Waals surface area contributed by atoms with Crippen molar-refractivity contribution in [3.63, 3.8) is 0 Å². The van der Waals surface area contributed by atoms with Gasteiger partial charge in [-0.15, -0.1) is 34.2 Å². The van der Waals surface area contributed by atoms with Gasteiger partial charge < -0.3 is 20.1 Å². The summed E-state index contributed by atoms with van der Waals surface area (Å²) < 4.78 is 13.1. The average Bonchev–Trinajstić information content (AvgIpc) is 3.12. The minimum absolute atomic E-state index is 0. The van der Waals surface area contributed by atoms with Crippen LogP contribution in [-0.4, -0.2) is 60.1 Å². The molecule has 1 fully saturated rings. The molecule has 156 valence electrons. The van der Waals surface area contributed by atoms with Crippen LogP contribution in [0.3, 0.4) is 0 Å².